The number of hydrogen-bond acceptors (Lipinski definition) is 3. The van der Waals surface area contributed by atoms with E-state index in [9.17, 15) is 9.59 Å². The zero-order valence-electron chi connectivity index (χ0n) is 15.0. The molecule has 1 aromatic rings. The van der Waals surface area contributed by atoms with Crippen molar-refractivity contribution in [3.63, 3.8) is 0 Å². The van der Waals surface area contributed by atoms with E-state index in [-0.39, 0.29) is 11.8 Å². The van der Waals surface area contributed by atoms with E-state index in [0.29, 0.717) is 19.5 Å². The fraction of sp³-hybridized carbons (Fsp3) is 0.579. The second kappa shape index (κ2) is 8.29. The number of anilines is 1. The molecule has 0 unspecified atom stereocenters. The zero-order valence-corrected chi connectivity index (χ0v) is 15.0. The van der Waals surface area contributed by atoms with Gasteiger partial charge in [0.25, 0.3) is 0 Å². The number of amides is 2. The Hall–Kier alpha value is -1.88. The Morgan fingerprint density at radius 3 is 2.46 bits per heavy atom. The van der Waals surface area contributed by atoms with Gasteiger partial charge in [0.1, 0.15) is 0 Å². The molecule has 0 bridgehead atoms. The van der Waals surface area contributed by atoms with Gasteiger partial charge in [-0.1, -0.05) is 18.9 Å². The molecule has 2 rings (SSSR count). The lowest BCUT2D eigenvalue weighted by atomic mass is 9.84. The summed E-state index contributed by atoms with van der Waals surface area (Å²) in [4.78, 5) is 24.8. The molecule has 5 heteroatoms. The normalized spacial score (nSPS) is 16.0. The average molecular weight is 331 g/mol. The van der Waals surface area contributed by atoms with Crippen LogP contribution in [0.1, 0.15) is 43.2 Å². The van der Waals surface area contributed by atoms with Gasteiger partial charge in [0, 0.05) is 25.2 Å². The standard InChI is InChI=1S/C19H29N3O2/c1-14-6-7-16(12-15(14)2)22-18(24)19(9-4-5-10-19)13-21-17(23)8-11-20-3/h6-7,12,20H,4-5,8-11,13H2,1-3H3,(H,21,23)(H,22,24). The van der Waals surface area contributed by atoms with E-state index < -0.39 is 5.41 Å². The van der Waals surface area contributed by atoms with Crippen LogP contribution in [0.15, 0.2) is 18.2 Å². The van der Waals surface area contributed by atoms with Crippen molar-refractivity contribution in [1.82, 2.24) is 10.6 Å². The molecule has 0 saturated heterocycles. The monoisotopic (exact) mass is 331 g/mol. The van der Waals surface area contributed by atoms with Gasteiger partial charge in [-0.3, -0.25) is 9.59 Å². The van der Waals surface area contributed by atoms with Gasteiger partial charge in [-0.2, -0.15) is 0 Å². The summed E-state index contributed by atoms with van der Waals surface area (Å²) < 4.78 is 0. The highest BCUT2D eigenvalue weighted by Crippen LogP contribution is 2.38. The van der Waals surface area contributed by atoms with Crippen molar-refractivity contribution in [2.24, 2.45) is 5.41 Å². The van der Waals surface area contributed by atoms with Gasteiger partial charge in [-0.25, -0.2) is 0 Å². The van der Waals surface area contributed by atoms with E-state index in [1.165, 1.54) is 5.56 Å². The first-order valence-electron chi connectivity index (χ1n) is 8.77. The maximum atomic E-state index is 12.9. The molecule has 0 atom stereocenters. The number of carbonyl (C=O) groups excluding carboxylic acids is 2. The van der Waals surface area contributed by atoms with E-state index in [0.717, 1.165) is 36.9 Å². The predicted molar refractivity (Wildman–Crippen MR) is 97.0 cm³/mol. The lowest BCUT2D eigenvalue weighted by Gasteiger charge is -2.28. The summed E-state index contributed by atoms with van der Waals surface area (Å²) in [7, 11) is 1.82. The number of rotatable bonds is 7. The third kappa shape index (κ3) is 4.57. The summed E-state index contributed by atoms with van der Waals surface area (Å²) in [5.74, 6) is 0.0202. The Bertz CT molecular complexity index is 592. The van der Waals surface area contributed by atoms with E-state index in [4.69, 9.17) is 0 Å². The topological polar surface area (TPSA) is 70.2 Å². The number of carbonyl (C=O) groups is 2. The van der Waals surface area contributed by atoms with Crippen LogP contribution >= 0.6 is 0 Å². The molecule has 0 aromatic heterocycles. The summed E-state index contributed by atoms with van der Waals surface area (Å²) in [6.45, 7) is 5.16. The number of hydrogen-bond donors (Lipinski definition) is 3. The van der Waals surface area contributed by atoms with Gasteiger partial charge in [0.2, 0.25) is 11.8 Å². The summed E-state index contributed by atoms with van der Waals surface area (Å²) >= 11 is 0. The maximum Gasteiger partial charge on any atom is 0.232 e. The second-order valence-electron chi connectivity index (χ2n) is 6.87. The van der Waals surface area contributed by atoms with Crippen molar-refractivity contribution in [1.29, 1.82) is 0 Å². The molecule has 1 saturated carbocycles. The Morgan fingerprint density at radius 2 is 1.83 bits per heavy atom. The molecule has 1 aliphatic carbocycles. The van der Waals surface area contributed by atoms with Crippen molar-refractivity contribution >= 4 is 17.5 Å². The Kier molecular flexibility index (Phi) is 6.37. The molecule has 1 fully saturated rings. The largest absolute Gasteiger partial charge is 0.355 e. The molecule has 5 nitrogen and oxygen atoms in total. The highest BCUT2D eigenvalue weighted by molar-refractivity contribution is 5.96. The fourth-order valence-electron chi connectivity index (χ4n) is 3.21. The minimum atomic E-state index is -0.478. The van der Waals surface area contributed by atoms with Crippen LogP contribution < -0.4 is 16.0 Å². The van der Waals surface area contributed by atoms with Crippen molar-refractivity contribution in [2.45, 2.75) is 46.0 Å². The van der Waals surface area contributed by atoms with Crippen LogP contribution in [0.2, 0.25) is 0 Å². The van der Waals surface area contributed by atoms with Crippen LogP contribution in [0.25, 0.3) is 0 Å². The molecule has 132 valence electrons. The molecule has 24 heavy (non-hydrogen) atoms. The lowest BCUT2D eigenvalue weighted by Crippen LogP contribution is -2.44. The molecule has 2 amide bonds. The van der Waals surface area contributed by atoms with E-state index in [2.05, 4.69) is 22.9 Å². The molecule has 0 spiro atoms. The molecule has 0 heterocycles. The van der Waals surface area contributed by atoms with Crippen LogP contribution in [0, 0.1) is 19.3 Å². The maximum absolute atomic E-state index is 12.9. The molecule has 0 radical (unpaired) electrons. The van der Waals surface area contributed by atoms with Crippen LogP contribution in [0.3, 0.4) is 0 Å². The van der Waals surface area contributed by atoms with E-state index in [1.54, 1.807) is 0 Å². The smallest absolute Gasteiger partial charge is 0.232 e. The number of benzene rings is 1. The summed E-state index contributed by atoms with van der Waals surface area (Å²) in [5.41, 5.74) is 2.72. The second-order valence-corrected chi connectivity index (χ2v) is 6.87. The summed E-state index contributed by atoms with van der Waals surface area (Å²) in [6.07, 6.45) is 4.16. The molecule has 3 N–H and O–H groups in total. The first-order chi connectivity index (χ1) is 11.5. The Morgan fingerprint density at radius 1 is 1.12 bits per heavy atom. The minimum absolute atomic E-state index is 0.00500. The van der Waals surface area contributed by atoms with Gasteiger partial charge >= 0.3 is 0 Å². The SMILES string of the molecule is CNCCC(=O)NCC1(C(=O)Nc2ccc(C)c(C)c2)CCCC1. The van der Waals surface area contributed by atoms with Gasteiger partial charge in [0.15, 0.2) is 0 Å². The summed E-state index contributed by atoms with van der Waals surface area (Å²) in [6, 6.07) is 5.96. The predicted octanol–water partition coefficient (Wildman–Crippen LogP) is 2.53. The quantitative estimate of drug-likeness (QED) is 0.719. The average Bonchev–Trinajstić information content (AvgIpc) is 3.04. The lowest BCUT2D eigenvalue weighted by molar-refractivity contribution is -0.126. The molecular weight excluding hydrogens is 302 g/mol. The number of aryl methyl sites for hydroxylation is 2. The summed E-state index contributed by atoms with van der Waals surface area (Å²) in [5, 5.41) is 8.97. The van der Waals surface area contributed by atoms with Gasteiger partial charge in [-0.05, 0) is 57.0 Å². The highest BCUT2D eigenvalue weighted by atomic mass is 16.2. The zero-order chi connectivity index (χ0) is 17.6. The van der Waals surface area contributed by atoms with E-state index in [1.807, 2.05) is 32.2 Å². The fourth-order valence-corrected chi connectivity index (χ4v) is 3.21. The Labute approximate surface area is 144 Å². The van der Waals surface area contributed by atoms with Crippen molar-refractivity contribution < 1.29 is 9.59 Å². The third-order valence-electron chi connectivity index (χ3n) is 5.03. The minimum Gasteiger partial charge on any atom is -0.355 e. The van der Waals surface area contributed by atoms with Crippen LogP contribution in [-0.4, -0.2) is 32.0 Å². The molecular formula is C19H29N3O2. The number of nitrogens with one attached hydrogen (secondary N) is 3. The van der Waals surface area contributed by atoms with Gasteiger partial charge in [-0.15, -0.1) is 0 Å². The first kappa shape index (κ1) is 18.5. The van der Waals surface area contributed by atoms with Gasteiger partial charge < -0.3 is 16.0 Å². The van der Waals surface area contributed by atoms with Crippen molar-refractivity contribution in [3.05, 3.63) is 29.3 Å². The third-order valence-corrected chi connectivity index (χ3v) is 5.03. The van der Waals surface area contributed by atoms with Crippen LogP contribution in [-0.2, 0) is 9.59 Å². The molecule has 1 aromatic carbocycles. The van der Waals surface area contributed by atoms with Crippen LogP contribution in [0.4, 0.5) is 5.69 Å². The van der Waals surface area contributed by atoms with Crippen molar-refractivity contribution in [2.75, 3.05) is 25.5 Å². The Balaban J connectivity index is 2.01. The van der Waals surface area contributed by atoms with Gasteiger partial charge in [0.05, 0.1) is 5.41 Å². The molecule has 1 aliphatic rings. The van der Waals surface area contributed by atoms with Crippen molar-refractivity contribution in [3.8, 4) is 0 Å². The highest BCUT2D eigenvalue weighted by Gasteiger charge is 2.41. The van der Waals surface area contributed by atoms with E-state index >= 15 is 0 Å². The van der Waals surface area contributed by atoms with Crippen LogP contribution in [0.5, 0.6) is 0 Å². The first-order valence-corrected chi connectivity index (χ1v) is 8.77. The molecule has 0 aliphatic heterocycles.